The van der Waals surface area contributed by atoms with Crippen LogP contribution in [0, 0.1) is 0 Å². The number of allylic oxidation sites excluding steroid dienone is 3. The topological polar surface area (TPSA) is 71.8 Å². The van der Waals surface area contributed by atoms with Crippen molar-refractivity contribution in [3.63, 3.8) is 0 Å². The fraction of sp³-hybridized carbons (Fsp3) is 0.296. The lowest BCUT2D eigenvalue weighted by Gasteiger charge is -2.33. The average Bonchev–Trinajstić information content (AvgIpc) is 3.29. The Morgan fingerprint density at radius 3 is 2.86 bits per heavy atom. The van der Waals surface area contributed by atoms with E-state index >= 15 is 0 Å². The summed E-state index contributed by atoms with van der Waals surface area (Å²) in [5.41, 5.74) is 3.43. The van der Waals surface area contributed by atoms with Gasteiger partial charge in [0.05, 0.1) is 23.5 Å². The molecule has 0 aliphatic carbocycles. The zero-order valence-corrected chi connectivity index (χ0v) is 21.7. The van der Waals surface area contributed by atoms with E-state index in [1.807, 2.05) is 60.4 Å². The zero-order chi connectivity index (χ0) is 24.8. The van der Waals surface area contributed by atoms with E-state index in [1.165, 1.54) is 0 Å². The van der Waals surface area contributed by atoms with E-state index in [0.29, 0.717) is 18.7 Å². The number of benzene rings is 1. The molecule has 0 saturated carbocycles. The van der Waals surface area contributed by atoms with Gasteiger partial charge < -0.3 is 15.0 Å². The lowest BCUT2D eigenvalue weighted by Crippen LogP contribution is -2.39. The molecule has 3 aromatic rings. The quantitative estimate of drug-likeness (QED) is 0.379. The van der Waals surface area contributed by atoms with E-state index in [1.54, 1.807) is 17.8 Å². The first-order chi connectivity index (χ1) is 17.0. The Kier molecular flexibility index (Phi) is 8.02. The van der Waals surface area contributed by atoms with E-state index < -0.39 is 0 Å². The number of aromatic nitrogens is 3. The Morgan fingerprint density at radius 2 is 2.14 bits per heavy atom. The van der Waals surface area contributed by atoms with E-state index in [2.05, 4.69) is 39.0 Å². The van der Waals surface area contributed by atoms with E-state index in [4.69, 9.17) is 9.72 Å². The van der Waals surface area contributed by atoms with Crippen LogP contribution in [0.25, 0.3) is 5.65 Å². The predicted molar refractivity (Wildman–Crippen MR) is 143 cm³/mol. The third-order valence-electron chi connectivity index (χ3n) is 6.15. The van der Waals surface area contributed by atoms with Gasteiger partial charge in [0.2, 0.25) is 0 Å². The number of anilines is 1. The molecule has 0 spiro atoms. The van der Waals surface area contributed by atoms with Gasteiger partial charge in [-0.1, -0.05) is 30.9 Å². The van der Waals surface area contributed by atoms with Gasteiger partial charge in [0.15, 0.2) is 5.65 Å². The molecule has 1 amide bonds. The molecular formula is C27H30BrN5O2. The maximum atomic E-state index is 13.2. The number of nitrogens with zero attached hydrogens (tertiary/aromatic N) is 4. The minimum Gasteiger partial charge on any atom is -0.497 e. The Balaban J connectivity index is 1.58. The summed E-state index contributed by atoms with van der Waals surface area (Å²) in [5.74, 6) is 1.76. The highest BCUT2D eigenvalue weighted by Gasteiger charge is 2.27. The lowest BCUT2D eigenvalue weighted by atomic mass is 9.94. The van der Waals surface area contributed by atoms with Gasteiger partial charge >= 0.3 is 0 Å². The largest absolute Gasteiger partial charge is 0.497 e. The summed E-state index contributed by atoms with van der Waals surface area (Å²) in [6, 6.07) is 9.33. The smallest absolute Gasteiger partial charge is 0.253 e. The van der Waals surface area contributed by atoms with Crippen LogP contribution >= 0.6 is 15.9 Å². The maximum Gasteiger partial charge on any atom is 0.253 e. The van der Waals surface area contributed by atoms with Crippen LogP contribution in [0.1, 0.15) is 41.7 Å². The minimum absolute atomic E-state index is 0.0343. The number of likely N-dealkylation sites (tertiary alicyclic amines) is 1. The van der Waals surface area contributed by atoms with Crippen molar-refractivity contribution in [2.75, 3.05) is 32.1 Å². The van der Waals surface area contributed by atoms with Crippen molar-refractivity contribution in [2.24, 2.45) is 0 Å². The predicted octanol–water partition coefficient (Wildman–Crippen LogP) is 5.62. The van der Waals surface area contributed by atoms with Crippen molar-refractivity contribution in [3.8, 4) is 5.75 Å². The molecule has 35 heavy (non-hydrogen) atoms. The van der Waals surface area contributed by atoms with Gasteiger partial charge in [0.1, 0.15) is 11.6 Å². The van der Waals surface area contributed by atoms with Gasteiger partial charge in [0.25, 0.3) is 5.91 Å². The fourth-order valence-electron chi connectivity index (χ4n) is 4.22. The summed E-state index contributed by atoms with van der Waals surface area (Å²) in [6.45, 7) is 7.87. The first-order valence-corrected chi connectivity index (χ1v) is 12.5. The molecule has 1 N–H and O–H groups in total. The molecule has 1 aliphatic rings. The van der Waals surface area contributed by atoms with E-state index in [9.17, 15) is 4.79 Å². The summed E-state index contributed by atoms with van der Waals surface area (Å²) in [6.07, 6.45) is 11.5. The van der Waals surface area contributed by atoms with Gasteiger partial charge in [-0.05, 0) is 65.5 Å². The Labute approximate surface area is 214 Å². The lowest BCUT2D eigenvalue weighted by molar-refractivity contribution is 0.0706. The number of rotatable bonds is 8. The molecule has 1 atom stereocenters. The first kappa shape index (κ1) is 24.7. The number of piperidine rings is 1. The van der Waals surface area contributed by atoms with E-state index in [-0.39, 0.29) is 11.8 Å². The Bertz CT molecular complexity index is 1260. The number of ether oxygens (including phenoxy) is 1. The highest BCUT2D eigenvalue weighted by Crippen LogP contribution is 2.30. The Morgan fingerprint density at radius 1 is 1.34 bits per heavy atom. The molecule has 4 rings (SSSR count). The standard InChI is InChI=1S/C27H30BrN5O2/c1-4-6-8-19(5-2)16-29-25-15-24(31-26-23(28)17-30-33(25)26)21-9-7-14-32(18-21)27(34)20-10-12-22(35-3)13-11-20/h4-6,8,10-13,15,17,21,29H,2,7,9,14,16,18H2,1,3H3/b6-4-,19-8+. The normalized spacial score (nSPS) is 16.6. The molecule has 7 nitrogen and oxygen atoms in total. The summed E-state index contributed by atoms with van der Waals surface area (Å²) in [5, 5.41) is 7.96. The highest BCUT2D eigenvalue weighted by molar-refractivity contribution is 9.10. The summed E-state index contributed by atoms with van der Waals surface area (Å²) in [7, 11) is 1.62. The first-order valence-electron chi connectivity index (χ1n) is 11.7. The Hall–Kier alpha value is -3.39. The van der Waals surface area contributed by atoms with Crippen molar-refractivity contribution < 1.29 is 9.53 Å². The molecular weight excluding hydrogens is 506 g/mol. The molecule has 0 radical (unpaired) electrons. The second-order valence-electron chi connectivity index (χ2n) is 8.44. The highest BCUT2D eigenvalue weighted by atomic mass is 79.9. The van der Waals surface area contributed by atoms with Crippen LogP contribution in [0.2, 0.25) is 0 Å². The number of nitrogens with one attached hydrogen (secondary N) is 1. The van der Waals surface area contributed by atoms with Crippen LogP contribution < -0.4 is 10.1 Å². The second kappa shape index (κ2) is 11.4. The summed E-state index contributed by atoms with van der Waals surface area (Å²) >= 11 is 3.58. The van der Waals surface area contributed by atoms with Gasteiger partial charge in [-0.2, -0.15) is 9.61 Å². The molecule has 2 aromatic heterocycles. The zero-order valence-electron chi connectivity index (χ0n) is 20.1. The number of halogens is 1. The van der Waals surface area contributed by atoms with Crippen LogP contribution in [-0.4, -0.2) is 52.1 Å². The van der Waals surface area contributed by atoms with Crippen molar-refractivity contribution in [3.05, 3.63) is 88.7 Å². The molecule has 1 aliphatic heterocycles. The number of carbonyl (C=O) groups excluding carboxylic acids is 1. The molecule has 182 valence electrons. The van der Waals surface area contributed by atoms with Crippen LogP contribution in [0.3, 0.4) is 0 Å². The van der Waals surface area contributed by atoms with Crippen LogP contribution in [0.5, 0.6) is 5.75 Å². The van der Waals surface area contributed by atoms with Gasteiger partial charge in [0, 0.05) is 37.2 Å². The van der Waals surface area contributed by atoms with Crippen molar-refractivity contribution in [2.45, 2.75) is 25.7 Å². The number of carbonyl (C=O) groups is 1. The SMILES string of the molecule is C=C/C(=C\C=C/C)CNc1cc(C2CCCN(C(=O)c3ccc(OC)cc3)C2)nc2c(Br)cnn12. The minimum atomic E-state index is 0.0343. The molecule has 3 heterocycles. The monoisotopic (exact) mass is 535 g/mol. The van der Waals surface area contributed by atoms with Crippen molar-refractivity contribution in [1.82, 2.24) is 19.5 Å². The second-order valence-corrected chi connectivity index (χ2v) is 9.29. The average molecular weight is 536 g/mol. The fourth-order valence-corrected chi connectivity index (χ4v) is 4.57. The molecule has 8 heteroatoms. The van der Waals surface area contributed by atoms with Crippen LogP contribution in [-0.2, 0) is 0 Å². The molecule has 1 unspecified atom stereocenters. The van der Waals surface area contributed by atoms with Gasteiger partial charge in [-0.25, -0.2) is 4.98 Å². The third kappa shape index (κ3) is 5.65. The summed E-state index contributed by atoms with van der Waals surface area (Å²) in [4.78, 5) is 20.0. The van der Waals surface area contributed by atoms with Crippen molar-refractivity contribution >= 4 is 33.3 Å². The number of methoxy groups -OCH3 is 1. The van der Waals surface area contributed by atoms with Crippen molar-refractivity contribution in [1.29, 1.82) is 0 Å². The van der Waals surface area contributed by atoms with Gasteiger partial charge in [-0.3, -0.25) is 4.79 Å². The number of hydrogen-bond donors (Lipinski definition) is 1. The molecule has 1 saturated heterocycles. The van der Waals surface area contributed by atoms with Crippen LogP contribution in [0.4, 0.5) is 5.82 Å². The van der Waals surface area contributed by atoms with Gasteiger partial charge in [-0.15, -0.1) is 0 Å². The number of amides is 1. The summed E-state index contributed by atoms with van der Waals surface area (Å²) < 4.78 is 7.85. The maximum absolute atomic E-state index is 13.2. The molecule has 1 aromatic carbocycles. The number of hydrogen-bond acceptors (Lipinski definition) is 5. The van der Waals surface area contributed by atoms with E-state index in [0.717, 1.165) is 52.3 Å². The molecule has 0 bridgehead atoms. The third-order valence-corrected chi connectivity index (χ3v) is 6.71. The van der Waals surface area contributed by atoms with Crippen LogP contribution in [0.15, 0.2) is 77.5 Å². The number of fused-ring (bicyclic) bond motifs is 1. The molecule has 1 fully saturated rings.